The van der Waals surface area contributed by atoms with Gasteiger partial charge in [0.05, 0.1) is 27.4 Å². The summed E-state index contributed by atoms with van der Waals surface area (Å²) in [6.07, 6.45) is 3.45. The van der Waals surface area contributed by atoms with E-state index in [-0.39, 0.29) is 19.1 Å². The smallest absolute Gasteiger partial charge is 0.341 e. The van der Waals surface area contributed by atoms with Crippen LogP contribution in [0.5, 0.6) is 11.5 Å². The molecule has 0 aliphatic rings. The van der Waals surface area contributed by atoms with E-state index in [1.54, 1.807) is 45.4 Å². The van der Waals surface area contributed by atoms with Crippen LogP contribution >= 0.6 is 11.3 Å². The lowest BCUT2D eigenvalue weighted by molar-refractivity contribution is -0.117. The van der Waals surface area contributed by atoms with Gasteiger partial charge >= 0.3 is 5.97 Å². The predicted molar refractivity (Wildman–Crippen MR) is 124 cm³/mol. The molecule has 2 aromatic rings. The standard InChI is InChI=1S/C23H28N2O5S/c1-6-11-25(12-7-2)14-20(26)24-22-21(23(27)30-8-3)17(15-31-22)16-9-10-18(28-4)19(13-16)29-5/h6-7,9-10,13,15H,1-2,8,11-12,14H2,3-5H3,(H,24,26). The number of nitrogens with one attached hydrogen (secondary N) is 1. The number of carbonyl (C=O) groups excluding carboxylic acids is 2. The third-order valence-electron chi connectivity index (χ3n) is 4.36. The number of rotatable bonds is 12. The van der Waals surface area contributed by atoms with Crippen molar-refractivity contribution in [2.24, 2.45) is 0 Å². The summed E-state index contributed by atoms with van der Waals surface area (Å²) < 4.78 is 15.9. The van der Waals surface area contributed by atoms with E-state index in [1.165, 1.54) is 11.3 Å². The molecule has 7 nitrogen and oxygen atoms in total. The fourth-order valence-corrected chi connectivity index (χ4v) is 3.98. The summed E-state index contributed by atoms with van der Waals surface area (Å²) in [5.41, 5.74) is 1.71. The van der Waals surface area contributed by atoms with Crippen molar-refractivity contribution in [1.29, 1.82) is 0 Å². The quantitative estimate of drug-likeness (QED) is 0.390. The van der Waals surface area contributed by atoms with Crippen LogP contribution < -0.4 is 14.8 Å². The van der Waals surface area contributed by atoms with Crippen LogP contribution in [-0.2, 0) is 9.53 Å². The molecule has 0 radical (unpaired) electrons. The van der Waals surface area contributed by atoms with Crippen molar-refractivity contribution < 1.29 is 23.8 Å². The molecule has 0 saturated heterocycles. The molecular formula is C23H28N2O5S. The number of hydrogen-bond acceptors (Lipinski definition) is 7. The van der Waals surface area contributed by atoms with Gasteiger partial charge in [0, 0.05) is 24.0 Å². The number of ether oxygens (including phenoxy) is 3. The number of nitrogens with zero attached hydrogens (tertiary/aromatic N) is 1. The molecule has 0 fully saturated rings. The second-order valence-electron chi connectivity index (χ2n) is 6.46. The zero-order valence-corrected chi connectivity index (χ0v) is 18.9. The average molecular weight is 445 g/mol. The van der Waals surface area contributed by atoms with E-state index in [2.05, 4.69) is 18.5 Å². The third kappa shape index (κ3) is 6.19. The van der Waals surface area contributed by atoms with Crippen molar-refractivity contribution in [2.45, 2.75) is 6.92 Å². The Labute approximate surface area is 186 Å². The van der Waals surface area contributed by atoms with Gasteiger partial charge in [-0.2, -0.15) is 0 Å². The van der Waals surface area contributed by atoms with Gasteiger partial charge in [0.2, 0.25) is 5.91 Å². The molecule has 0 aliphatic carbocycles. The molecular weight excluding hydrogens is 416 g/mol. The van der Waals surface area contributed by atoms with Gasteiger partial charge in [-0.05, 0) is 24.6 Å². The Hall–Kier alpha value is -3.10. The minimum Gasteiger partial charge on any atom is -0.493 e. The maximum atomic E-state index is 12.7. The van der Waals surface area contributed by atoms with Crippen LogP contribution in [0.4, 0.5) is 5.00 Å². The maximum absolute atomic E-state index is 12.7. The molecule has 1 aromatic carbocycles. The summed E-state index contributed by atoms with van der Waals surface area (Å²) in [7, 11) is 3.10. The van der Waals surface area contributed by atoms with Crippen molar-refractivity contribution in [3.05, 3.63) is 54.5 Å². The molecule has 1 amide bonds. The molecule has 0 atom stereocenters. The van der Waals surface area contributed by atoms with Crippen LogP contribution in [0.25, 0.3) is 11.1 Å². The number of esters is 1. The first-order valence-electron chi connectivity index (χ1n) is 9.73. The zero-order chi connectivity index (χ0) is 22.8. The fourth-order valence-electron chi connectivity index (χ4n) is 3.01. The lowest BCUT2D eigenvalue weighted by Crippen LogP contribution is -2.33. The van der Waals surface area contributed by atoms with E-state index in [0.29, 0.717) is 40.7 Å². The van der Waals surface area contributed by atoms with E-state index in [4.69, 9.17) is 14.2 Å². The number of hydrogen-bond donors (Lipinski definition) is 1. The summed E-state index contributed by atoms with van der Waals surface area (Å²) in [6, 6.07) is 5.38. The summed E-state index contributed by atoms with van der Waals surface area (Å²) in [5.74, 6) is 0.376. The van der Waals surface area contributed by atoms with Crippen molar-refractivity contribution in [3.8, 4) is 22.6 Å². The molecule has 0 spiro atoms. The minimum atomic E-state index is -0.502. The predicted octanol–water partition coefficient (Wildman–Crippen LogP) is 4.22. The van der Waals surface area contributed by atoms with Gasteiger partial charge < -0.3 is 19.5 Å². The topological polar surface area (TPSA) is 77.1 Å². The van der Waals surface area contributed by atoms with Crippen LogP contribution in [-0.4, -0.2) is 57.2 Å². The van der Waals surface area contributed by atoms with Gasteiger partial charge in [0.15, 0.2) is 11.5 Å². The number of carbonyl (C=O) groups is 2. The number of thiophene rings is 1. The summed E-state index contributed by atoms with van der Waals surface area (Å²) in [6.45, 7) is 10.6. The van der Waals surface area contributed by atoms with E-state index in [9.17, 15) is 9.59 Å². The summed E-state index contributed by atoms with van der Waals surface area (Å²) >= 11 is 1.27. The van der Waals surface area contributed by atoms with Crippen molar-refractivity contribution in [1.82, 2.24) is 4.90 Å². The molecule has 0 aliphatic heterocycles. The monoisotopic (exact) mass is 444 g/mol. The first kappa shape index (κ1) is 24.2. The van der Waals surface area contributed by atoms with Gasteiger partial charge in [-0.1, -0.05) is 18.2 Å². The Balaban J connectivity index is 2.38. The molecule has 31 heavy (non-hydrogen) atoms. The van der Waals surface area contributed by atoms with Crippen LogP contribution in [0.3, 0.4) is 0 Å². The second kappa shape index (κ2) is 11.9. The van der Waals surface area contributed by atoms with E-state index < -0.39 is 5.97 Å². The van der Waals surface area contributed by atoms with Crippen LogP contribution in [0.1, 0.15) is 17.3 Å². The zero-order valence-electron chi connectivity index (χ0n) is 18.1. The van der Waals surface area contributed by atoms with Crippen LogP contribution in [0, 0.1) is 0 Å². The number of amides is 1. The van der Waals surface area contributed by atoms with Gasteiger partial charge in [0.25, 0.3) is 0 Å². The Kier molecular flexibility index (Phi) is 9.30. The molecule has 0 saturated carbocycles. The molecule has 1 heterocycles. The fraction of sp³-hybridized carbons (Fsp3) is 0.304. The largest absolute Gasteiger partial charge is 0.493 e. The molecule has 1 N–H and O–H groups in total. The van der Waals surface area contributed by atoms with E-state index in [0.717, 1.165) is 5.56 Å². The lowest BCUT2D eigenvalue weighted by atomic mass is 10.0. The highest BCUT2D eigenvalue weighted by atomic mass is 32.1. The highest BCUT2D eigenvalue weighted by Gasteiger charge is 2.24. The van der Waals surface area contributed by atoms with Crippen molar-refractivity contribution in [2.75, 3.05) is 45.8 Å². The van der Waals surface area contributed by atoms with Gasteiger partial charge in [-0.25, -0.2) is 4.79 Å². The highest BCUT2D eigenvalue weighted by Crippen LogP contribution is 2.39. The average Bonchev–Trinajstić information content (AvgIpc) is 3.17. The second-order valence-corrected chi connectivity index (χ2v) is 7.34. The van der Waals surface area contributed by atoms with Crippen LogP contribution in [0.15, 0.2) is 48.9 Å². The molecule has 8 heteroatoms. The third-order valence-corrected chi connectivity index (χ3v) is 5.26. The van der Waals surface area contributed by atoms with Crippen LogP contribution in [0.2, 0.25) is 0 Å². The molecule has 0 bridgehead atoms. The first-order chi connectivity index (χ1) is 15.0. The molecule has 2 rings (SSSR count). The number of methoxy groups -OCH3 is 2. The van der Waals surface area contributed by atoms with E-state index >= 15 is 0 Å². The SMILES string of the molecule is C=CCN(CC=C)CC(=O)Nc1scc(-c2ccc(OC)c(OC)c2)c1C(=O)OCC. The van der Waals surface area contributed by atoms with Gasteiger partial charge in [-0.3, -0.25) is 9.69 Å². The maximum Gasteiger partial charge on any atom is 0.341 e. The van der Waals surface area contributed by atoms with E-state index in [1.807, 2.05) is 16.3 Å². The number of anilines is 1. The minimum absolute atomic E-state index is 0.143. The summed E-state index contributed by atoms with van der Waals surface area (Å²) in [5, 5.41) is 5.10. The number of benzene rings is 1. The molecule has 166 valence electrons. The van der Waals surface area contributed by atoms with Crippen molar-refractivity contribution >= 4 is 28.2 Å². The van der Waals surface area contributed by atoms with Crippen molar-refractivity contribution in [3.63, 3.8) is 0 Å². The Morgan fingerprint density at radius 2 is 1.81 bits per heavy atom. The lowest BCUT2D eigenvalue weighted by Gasteiger charge is -2.18. The Morgan fingerprint density at radius 1 is 1.13 bits per heavy atom. The van der Waals surface area contributed by atoms with Gasteiger partial charge in [0.1, 0.15) is 10.6 Å². The van der Waals surface area contributed by atoms with Gasteiger partial charge in [-0.15, -0.1) is 24.5 Å². The Morgan fingerprint density at radius 3 is 2.39 bits per heavy atom. The first-order valence-corrected chi connectivity index (χ1v) is 10.6. The Bertz CT molecular complexity index is 928. The molecule has 1 aromatic heterocycles. The highest BCUT2D eigenvalue weighted by molar-refractivity contribution is 7.15. The summed E-state index contributed by atoms with van der Waals surface area (Å²) in [4.78, 5) is 27.3. The molecule has 0 unspecified atom stereocenters. The normalized spacial score (nSPS) is 10.5.